The third-order valence-electron chi connectivity index (χ3n) is 13.7. The zero-order valence-corrected chi connectivity index (χ0v) is 43.3. The number of ketones is 2. The number of aliphatic hydroxyl groups excluding tert-OH is 2. The van der Waals surface area contributed by atoms with Gasteiger partial charge in [-0.1, -0.05) is 290 Å². The second-order valence-corrected chi connectivity index (χ2v) is 19.9. The van der Waals surface area contributed by atoms with Gasteiger partial charge in [0.1, 0.15) is 6.10 Å². The Hall–Kier alpha value is -1.31. The third kappa shape index (κ3) is 38.8. The van der Waals surface area contributed by atoms with Crippen LogP contribution in [-0.2, 0) is 19.1 Å². The minimum Gasteiger partial charge on any atom is -0.440 e. The first kappa shape index (κ1) is 64.8. The van der Waals surface area contributed by atoms with Crippen molar-refractivity contribution in [2.24, 2.45) is 0 Å². The molecule has 4 N–H and O–H groups in total. The van der Waals surface area contributed by atoms with Crippen LogP contribution in [0.5, 0.6) is 0 Å². The highest BCUT2D eigenvalue weighted by atomic mass is 16.6. The van der Waals surface area contributed by atoms with Crippen LogP contribution in [-0.4, -0.2) is 51.5 Å². The number of carbonyl (C=O) groups is 3. The van der Waals surface area contributed by atoms with Gasteiger partial charge in [-0.05, 0) is 19.3 Å². The Bertz CT molecular complexity index is 937. The van der Waals surface area contributed by atoms with Crippen LogP contribution >= 0.6 is 0 Å². The summed E-state index contributed by atoms with van der Waals surface area (Å²) < 4.78 is 5.83. The molecule has 0 heterocycles. The fourth-order valence-electron chi connectivity index (χ4n) is 9.39. The Kier molecular flexibility index (Phi) is 51.7. The van der Waals surface area contributed by atoms with Crippen molar-refractivity contribution in [1.29, 1.82) is 0 Å². The molecule has 0 saturated heterocycles. The summed E-state index contributed by atoms with van der Waals surface area (Å²) in [5.74, 6) is -1.71. The number of unbranched alkanes of at least 4 members (excludes halogenated alkanes) is 42. The predicted octanol–water partition coefficient (Wildman–Crippen LogP) is 16.7. The fourth-order valence-corrected chi connectivity index (χ4v) is 9.39. The van der Waals surface area contributed by atoms with Gasteiger partial charge in [-0.15, -0.1) is 0 Å². The Labute approximate surface area is 398 Å². The normalized spacial score (nSPS) is 12.1. The number of carbonyl (C=O) groups excluding carboxylic acids is 3. The lowest BCUT2D eigenvalue weighted by molar-refractivity contribution is -0.188. The maximum absolute atomic E-state index is 14.0. The van der Waals surface area contributed by atoms with Gasteiger partial charge in [0.15, 0.2) is 11.6 Å². The van der Waals surface area contributed by atoms with Crippen molar-refractivity contribution in [3.05, 3.63) is 0 Å². The number of rotatable bonds is 53. The van der Waals surface area contributed by atoms with Crippen LogP contribution in [0.15, 0.2) is 0 Å². The first-order valence-electron chi connectivity index (χ1n) is 28.5. The predicted molar refractivity (Wildman–Crippen MR) is 274 cm³/mol. The Balaban J connectivity index is 0. The van der Waals surface area contributed by atoms with E-state index in [1.807, 2.05) is 0 Å². The highest BCUT2D eigenvalue weighted by molar-refractivity contribution is 6.12. The molecule has 0 aromatic carbocycles. The van der Waals surface area contributed by atoms with Gasteiger partial charge >= 0.3 is 5.97 Å². The summed E-state index contributed by atoms with van der Waals surface area (Å²) >= 11 is 0. The Morgan fingerprint density at radius 3 is 0.734 bits per heavy atom. The average molecular weight is 910 g/mol. The summed E-state index contributed by atoms with van der Waals surface area (Å²) in [6.07, 6.45) is 53.2. The molecule has 0 rings (SSSR count). The first-order chi connectivity index (χ1) is 30.9. The van der Waals surface area contributed by atoms with E-state index in [2.05, 4.69) is 20.8 Å². The van der Waals surface area contributed by atoms with Crippen molar-refractivity contribution >= 4 is 17.5 Å². The molecule has 0 radical (unpaired) electrons. The second-order valence-electron chi connectivity index (χ2n) is 19.9. The van der Waals surface area contributed by atoms with Crippen molar-refractivity contribution in [2.45, 2.75) is 341 Å². The van der Waals surface area contributed by atoms with Crippen molar-refractivity contribution in [1.82, 2.24) is 0 Å². The molecule has 0 amide bonds. The van der Waals surface area contributed by atoms with Crippen molar-refractivity contribution in [3.63, 3.8) is 0 Å². The van der Waals surface area contributed by atoms with Crippen molar-refractivity contribution < 1.29 is 34.8 Å². The number of ether oxygens (including phenoxy) is 1. The van der Waals surface area contributed by atoms with Crippen LogP contribution in [0.2, 0.25) is 0 Å². The van der Waals surface area contributed by atoms with Crippen LogP contribution in [0.4, 0.5) is 0 Å². The number of hydrogen-bond acceptors (Lipinski definition) is 6. The molecule has 1 unspecified atom stereocenters. The molecule has 0 fully saturated rings. The molecule has 0 spiro atoms. The van der Waals surface area contributed by atoms with E-state index in [1.54, 1.807) is 0 Å². The summed E-state index contributed by atoms with van der Waals surface area (Å²) in [5, 5.41) is 21.3. The summed E-state index contributed by atoms with van der Waals surface area (Å²) in [7, 11) is 0. The fraction of sp³-hybridized carbons (Fsp3) is 0.947. The monoisotopic (exact) mass is 909 g/mol. The van der Waals surface area contributed by atoms with Gasteiger partial charge in [-0.2, -0.15) is 0 Å². The van der Waals surface area contributed by atoms with Crippen LogP contribution in [0.3, 0.4) is 0 Å². The minimum atomic E-state index is -2.31. The molecule has 0 aromatic heterocycles. The van der Waals surface area contributed by atoms with E-state index in [0.717, 1.165) is 57.8 Å². The maximum Gasteiger partial charge on any atom is 0.307 e. The van der Waals surface area contributed by atoms with Gasteiger partial charge in [-0.25, -0.2) is 0 Å². The molecule has 0 aliphatic rings. The molecule has 0 aromatic rings. The molecule has 0 aliphatic heterocycles. The molecule has 1 atom stereocenters. The van der Waals surface area contributed by atoms with Crippen LogP contribution < -0.4 is 0 Å². The van der Waals surface area contributed by atoms with E-state index in [-0.39, 0.29) is 24.7 Å². The molecule has 382 valence electrons. The van der Waals surface area contributed by atoms with Crippen LogP contribution in [0, 0.1) is 0 Å². The zero-order valence-electron chi connectivity index (χ0n) is 43.3. The number of hydrogen-bond donors (Lipinski definition) is 2. The minimum absolute atomic E-state index is 0. The SMILES string of the molecule is CCCCCCCCCCCCCCCCCC(=O)OC(C(=O)CCCCCCCCCCCCCCCCC)(C(=O)CCCCCCCCCCCCCCCCC)C(O)CO.O. The number of aliphatic hydroxyl groups is 2. The highest BCUT2D eigenvalue weighted by Crippen LogP contribution is 2.28. The van der Waals surface area contributed by atoms with Crippen LogP contribution in [0.1, 0.15) is 329 Å². The van der Waals surface area contributed by atoms with Crippen LogP contribution in [0.25, 0.3) is 0 Å². The van der Waals surface area contributed by atoms with Gasteiger partial charge in [0, 0.05) is 19.3 Å². The van der Waals surface area contributed by atoms with E-state index in [0.29, 0.717) is 19.3 Å². The highest BCUT2D eigenvalue weighted by Gasteiger charge is 2.53. The largest absolute Gasteiger partial charge is 0.440 e. The Morgan fingerprint density at radius 2 is 0.531 bits per heavy atom. The van der Waals surface area contributed by atoms with Gasteiger partial charge in [0.05, 0.1) is 6.61 Å². The molecule has 7 heteroatoms. The number of Topliss-reactive ketones (excluding diaryl/α,β-unsaturated/α-hetero) is 2. The Morgan fingerprint density at radius 1 is 0.344 bits per heavy atom. The standard InChI is InChI=1S/C57H110O6.H2O/c1-4-7-10-13-16-19-22-25-28-31-34-37-40-43-46-49-53(59)57(55(61)52-58,54(60)50-47-44-41-38-35-32-29-26-23-20-17-14-11-8-5-2)63-56(62)51-48-45-42-39-36-33-30-27-24-21-18-15-12-9-6-3;/h55,58,61H,4-52H2,1-3H3;1H2. The summed E-state index contributed by atoms with van der Waals surface area (Å²) in [6.45, 7) is 5.99. The average Bonchev–Trinajstić information content (AvgIpc) is 3.28. The maximum atomic E-state index is 14.0. The van der Waals surface area contributed by atoms with Gasteiger partial charge in [-0.3, -0.25) is 14.4 Å². The van der Waals surface area contributed by atoms with Crippen molar-refractivity contribution in [2.75, 3.05) is 6.61 Å². The molecule has 0 saturated carbocycles. The summed E-state index contributed by atoms with van der Waals surface area (Å²) in [4.78, 5) is 41.3. The lowest BCUT2D eigenvalue weighted by Crippen LogP contribution is -2.60. The molecule has 7 nitrogen and oxygen atoms in total. The van der Waals surface area contributed by atoms with E-state index < -0.39 is 35.8 Å². The van der Waals surface area contributed by atoms with E-state index in [1.165, 1.54) is 212 Å². The topological polar surface area (TPSA) is 132 Å². The molecule has 0 bridgehead atoms. The van der Waals surface area contributed by atoms with E-state index in [4.69, 9.17) is 4.74 Å². The van der Waals surface area contributed by atoms with Gasteiger partial charge in [0.25, 0.3) is 5.60 Å². The summed E-state index contributed by atoms with van der Waals surface area (Å²) in [5.41, 5.74) is -2.31. The molecule has 0 aliphatic carbocycles. The lowest BCUT2D eigenvalue weighted by Gasteiger charge is -2.34. The number of esters is 1. The summed E-state index contributed by atoms with van der Waals surface area (Å²) in [6, 6.07) is 0. The van der Waals surface area contributed by atoms with E-state index in [9.17, 15) is 24.6 Å². The van der Waals surface area contributed by atoms with E-state index >= 15 is 0 Å². The molecular formula is C57H112O7. The first-order valence-corrected chi connectivity index (χ1v) is 28.5. The third-order valence-corrected chi connectivity index (χ3v) is 13.7. The van der Waals surface area contributed by atoms with Gasteiger partial charge in [0.2, 0.25) is 0 Å². The van der Waals surface area contributed by atoms with Gasteiger partial charge < -0.3 is 20.4 Å². The molecule has 64 heavy (non-hydrogen) atoms. The lowest BCUT2D eigenvalue weighted by atomic mass is 9.82. The zero-order chi connectivity index (χ0) is 46.2. The quantitative estimate of drug-likeness (QED) is 0.0355. The second kappa shape index (κ2) is 51.1. The van der Waals surface area contributed by atoms with Crippen molar-refractivity contribution in [3.8, 4) is 0 Å². The smallest absolute Gasteiger partial charge is 0.307 e. The molecular weight excluding hydrogens is 797 g/mol.